The van der Waals surface area contributed by atoms with Gasteiger partial charge in [0.25, 0.3) is 0 Å². The van der Waals surface area contributed by atoms with Gasteiger partial charge in [0.05, 0.1) is 18.3 Å². The molecule has 1 atom stereocenters. The standard InChI is InChI=1S/C19H30N2O2/c1-4-19(2,3)23-16-18(22)15-21-12-10-20(11-13-21)14-17-8-6-5-7-9-17/h4-9,18,22H,1,10-16H2,2-3H3. The molecule has 23 heavy (non-hydrogen) atoms. The zero-order valence-corrected chi connectivity index (χ0v) is 14.4. The predicted octanol–water partition coefficient (Wildman–Crippen LogP) is 2.15. The molecule has 0 spiro atoms. The number of benzene rings is 1. The minimum Gasteiger partial charge on any atom is -0.389 e. The summed E-state index contributed by atoms with van der Waals surface area (Å²) in [4.78, 5) is 4.78. The number of piperazine rings is 1. The van der Waals surface area contributed by atoms with E-state index in [9.17, 15) is 5.11 Å². The zero-order chi connectivity index (χ0) is 16.7. The van der Waals surface area contributed by atoms with E-state index in [0.717, 1.165) is 32.7 Å². The number of hydrogen-bond acceptors (Lipinski definition) is 4. The Labute approximate surface area is 140 Å². The molecule has 128 valence electrons. The van der Waals surface area contributed by atoms with E-state index in [1.807, 2.05) is 13.8 Å². The number of aliphatic hydroxyl groups is 1. The van der Waals surface area contributed by atoms with Crippen molar-refractivity contribution in [1.82, 2.24) is 9.80 Å². The van der Waals surface area contributed by atoms with Crippen LogP contribution in [0.5, 0.6) is 0 Å². The van der Waals surface area contributed by atoms with Gasteiger partial charge in [-0.2, -0.15) is 0 Å². The normalized spacial score (nSPS) is 18.7. The lowest BCUT2D eigenvalue weighted by atomic mass is 10.1. The van der Waals surface area contributed by atoms with Crippen molar-refractivity contribution in [2.24, 2.45) is 0 Å². The second kappa shape index (κ2) is 8.60. The molecule has 1 aliphatic heterocycles. The lowest BCUT2D eigenvalue weighted by Crippen LogP contribution is -2.48. The average Bonchev–Trinajstić information content (AvgIpc) is 2.56. The van der Waals surface area contributed by atoms with Crippen LogP contribution in [0.25, 0.3) is 0 Å². The summed E-state index contributed by atoms with van der Waals surface area (Å²) in [6.45, 7) is 13.8. The van der Waals surface area contributed by atoms with E-state index in [1.54, 1.807) is 6.08 Å². The Bertz CT molecular complexity index is 468. The molecule has 1 aromatic rings. The molecule has 1 fully saturated rings. The van der Waals surface area contributed by atoms with Gasteiger partial charge in [0.15, 0.2) is 0 Å². The molecule has 0 bridgehead atoms. The molecule has 1 unspecified atom stereocenters. The van der Waals surface area contributed by atoms with Gasteiger partial charge in [0.1, 0.15) is 0 Å². The minimum absolute atomic E-state index is 0.350. The predicted molar refractivity (Wildman–Crippen MR) is 94.4 cm³/mol. The van der Waals surface area contributed by atoms with Gasteiger partial charge < -0.3 is 9.84 Å². The van der Waals surface area contributed by atoms with Gasteiger partial charge in [-0.25, -0.2) is 0 Å². The smallest absolute Gasteiger partial charge is 0.0900 e. The zero-order valence-electron chi connectivity index (χ0n) is 14.4. The molecule has 1 heterocycles. The van der Waals surface area contributed by atoms with Gasteiger partial charge in [-0.1, -0.05) is 36.4 Å². The van der Waals surface area contributed by atoms with Crippen molar-refractivity contribution in [1.29, 1.82) is 0 Å². The number of β-amino-alcohol motifs (C(OH)–C–C–N with tert-alkyl or cyclic N) is 1. The van der Waals surface area contributed by atoms with Gasteiger partial charge in [-0.05, 0) is 19.4 Å². The summed E-state index contributed by atoms with van der Waals surface area (Å²) in [5.41, 5.74) is 0.982. The molecule has 0 radical (unpaired) electrons. The molecule has 4 heteroatoms. The van der Waals surface area contributed by atoms with Crippen LogP contribution in [0.15, 0.2) is 43.0 Å². The van der Waals surface area contributed by atoms with E-state index in [2.05, 4.69) is 46.7 Å². The fourth-order valence-electron chi connectivity index (χ4n) is 2.69. The van der Waals surface area contributed by atoms with Crippen LogP contribution >= 0.6 is 0 Å². The lowest BCUT2D eigenvalue weighted by Gasteiger charge is -2.36. The fourth-order valence-corrected chi connectivity index (χ4v) is 2.69. The minimum atomic E-state index is -0.449. The molecular weight excluding hydrogens is 288 g/mol. The van der Waals surface area contributed by atoms with Crippen molar-refractivity contribution < 1.29 is 9.84 Å². The third kappa shape index (κ3) is 6.43. The van der Waals surface area contributed by atoms with Crippen LogP contribution in [-0.4, -0.2) is 65.9 Å². The third-order valence-corrected chi connectivity index (χ3v) is 4.32. The van der Waals surface area contributed by atoms with E-state index >= 15 is 0 Å². The molecule has 1 saturated heterocycles. The van der Waals surface area contributed by atoms with E-state index in [4.69, 9.17) is 4.74 Å². The van der Waals surface area contributed by atoms with Gasteiger partial charge >= 0.3 is 0 Å². The second-order valence-electron chi connectivity index (χ2n) is 6.83. The van der Waals surface area contributed by atoms with Gasteiger partial charge in [0.2, 0.25) is 0 Å². The van der Waals surface area contributed by atoms with Gasteiger partial charge in [0, 0.05) is 39.3 Å². The highest BCUT2D eigenvalue weighted by Gasteiger charge is 2.21. The molecule has 1 aromatic carbocycles. The highest BCUT2D eigenvalue weighted by Crippen LogP contribution is 2.12. The number of hydrogen-bond donors (Lipinski definition) is 1. The van der Waals surface area contributed by atoms with E-state index < -0.39 is 6.10 Å². The molecule has 0 aliphatic carbocycles. The Hall–Kier alpha value is -1.20. The maximum absolute atomic E-state index is 10.1. The van der Waals surface area contributed by atoms with Crippen molar-refractivity contribution in [3.8, 4) is 0 Å². The quantitative estimate of drug-likeness (QED) is 0.745. The summed E-state index contributed by atoms with van der Waals surface area (Å²) < 4.78 is 5.68. The Balaban J connectivity index is 1.67. The summed E-state index contributed by atoms with van der Waals surface area (Å²) >= 11 is 0. The molecule has 0 amide bonds. The van der Waals surface area contributed by atoms with Crippen LogP contribution in [-0.2, 0) is 11.3 Å². The first-order chi connectivity index (χ1) is 11.0. The summed E-state index contributed by atoms with van der Waals surface area (Å²) in [5, 5.41) is 10.1. The monoisotopic (exact) mass is 318 g/mol. The van der Waals surface area contributed by atoms with Crippen LogP contribution in [0, 0.1) is 0 Å². The average molecular weight is 318 g/mol. The van der Waals surface area contributed by atoms with E-state index in [0.29, 0.717) is 13.2 Å². The number of nitrogens with zero attached hydrogens (tertiary/aromatic N) is 2. The van der Waals surface area contributed by atoms with Gasteiger partial charge in [-0.3, -0.25) is 9.80 Å². The SMILES string of the molecule is C=CC(C)(C)OCC(O)CN1CCN(Cc2ccccc2)CC1. The second-order valence-corrected chi connectivity index (χ2v) is 6.83. The Kier molecular flexibility index (Phi) is 6.78. The van der Waals surface area contributed by atoms with Crippen LogP contribution in [0.3, 0.4) is 0 Å². The molecule has 1 aliphatic rings. The van der Waals surface area contributed by atoms with Crippen molar-refractivity contribution in [2.45, 2.75) is 32.1 Å². The van der Waals surface area contributed by atoms with E-state index in [-0.39, 0.29) is 5.60 Å². The maximum Gasteiger partial charge on any atom is 0.0900 e. The molecule has 0 aromatic heterocycles. The summed E-state index contributed by atoms with van der Waals surface area (Å²) in [5.74, 6) is 0. The first kappa shape index (κ1) is 18.1. The van der Waals surface area contributed by atoms with Crippen LogP contribution < -0.4 is 0 Å². The summed E-state index contributed by atoms with van der Waals surface area (Å²) in [6.07, 6.45) is 1.32. The summed E-state index contributed by atoms with van der Waals surface area (Å²) in [6, 6.07) is 10.6. The maximum atomic E-state index is 10.1. The number of rotatable bonds is 8. The van der Waals surface area contributed by atoms with Crippen molar-refractivity contribution >= 4 is 0 Å². The first-order valence-electron chi connectivity index (χ1n) is 8.43. The van der Waals surface area contributed by atoms with Crippen LogP contribution in [0.1, 0.15) is 19.4 Å². The highest BCUT2D eigenvalue weighted by atomic mass is 16.5. The van der Waals surface area contributed by atoms with Crippen LogP contribution in [0.4, 0.5) is 0 Å². The topological polar surface area (TPSA) is 35.9 Å². The Morgan fingerprint density at radius 1 is 1.17 bits per heavy atom. The third-order valence-electron chi connectivity index (χ3n) is 4.32. The van der Waals surface area contributed by atoms with Gasteiger partial charge in [-0.15, -0.1) is 6.58 Å². The van der Waals surface area contributed by atoms with Crippen molar-refractivity contribution in [2.75, 3.05) is 39.3 Å². The van der Waals surface area contributed by atoms with Crippen LogP contribution in [0.2, 0.25) is 0 Å². The Morgan fingerprint density at radius 2 is 1.78 bits per heavy atom. The van der Waals surface area contributed by atoms with Crippen molar-refractivity contribution in [3.05, 3.63) is 48.6 Å². The molecule has 2 rings (SSSR count). The molecule has 4 nitrogen and oxygen atoms in total. The van der Waals surface area contributed by atoms with E-state index in [1.165, 1.54) is 5.56 Å². The number of ether oxygens (including phenoxy) is 1. The Morgan fingerprint density at radius 3 is 2.39 bits per heavy atom. The largest absolute Gasteiger partial charge is 0.389 e. The highest BCUT2D eigenvalue weighted by molar-refractivity contribution is 5.14. The fraction of sp³-hybridized carbons (Fsp3) is 0.579. The lowest BCUT2D eigenvalue weighted by molar-refractivity contribution is -0.0451. The molecule has 0 saturated carbocycles. The summed E-state index contributed by atoms with van der Waals surface area (Å²) in [7, 11) is 0. The molecule has 1 N–H and O–H groups in total. The van der Waals surface area contributed by atoms with Crippen molar-refractivity contribution in [3.63, 3.8) is 0 Å². The first-order valence-corrected chi connectivity index (χ1v) is 8.43. The molecular formula is C19H30N2O2. The number of aliphatic hydroxyl groups excluding tert-OH is 1.